The number of halogens is 2. The molecule has 0 bridgehead atoms. The molecule has 3 nitrogen and oxygen atoms in total. The Kier molecular flexibility index (Phi) is 3.97. The molecule has 0 spiro atoms. The van der Waals surface area contributed by atoms with Gasteiger partial charge in [-0.25, -0.2) is 4.39 Å². The number of amides is 1. The molecule has 1 aliphatic heterocycles. The predicted octanol–water partition coefficient (Wildman–Crippen LogP) is 1.70. The number of hydrogen-bond acceptors (Lipinski definition) is 2. The first-order valence-electron chi connectivity index (χ1n) is 5.58. The van der Waals surface area contributed by atoms with E-state index in [0.717, 1.165) is 19.5 Å². The SMILES string of the molecule is O=C(NCc1cc(F)cc(Cl)c1)C1CCNC1. The molecule has 1 amide bonds. The lowest BCUT2D eigenvalue weighted by molar-refractivity contribution is -0.124. The van der Waals surface area contributed by atoms with Crippen molar-refractivity contribution in [2.45, 2.75) is 13.0 Å². The maximum Gasteiger partial charge on any atom is 0.224 e. The summed E-state index contributed by atoms with van der Waals surface area (Å²) < 4.78 is 13.0. The van der Waals surface area contributed by atoms with Crippen molar-refractivity contribution in [3.63, 3.8) is 0 Å². The monoisotopic (exact) mass is 256 g/mol. The Morgan fingerprint density at radius 3 is 3.00 bits per heavy atom. The zero-order valence-electron chi connectivity index (χ0n) is 9.30. The lowest BCUT2D eigenvalue weighted by Gasteiger charge is -2.10. The van der Waals surface area contributed by atoms with Crippen LogP contribution in [0.25, 0.3) is 0 Å². The quantitative estimate of drug-likeness (QED) is 0.864. The second-order valence-electron chi connectivity index (χ2n) is 4.19. The van der Waals surface area contributed by atoms with Gasteiger partial charge in [-0.2, -0.15) is 0 Å². The molecule has 1 aromatic rings. The Morgan fingerprint density at radius 2 is 2.35 bits per heavy atom. The van der Waals surface area contributed by atoms with Crippen molar-refractivity contribution < 1.29 is 9.18 Å². The molecule has 1 unspecified atom stereocenters. The standard InChI is InChI=1S/C12H14ClFN2O/c13-10-3-8(4-11(14)5-10)6-16-12(17)9-1-2-15-7-9/h3-5,9,15H,1-2,6-7H2,(H,16,17). The van der Waals surface area contributed by atoms with Crippen molar-refractivity contribution in [2.24, 2.45) is 5.92 Å². The maximum atomic E-state index is 13.0. The van der Waals surface area contributed by atoms with E-state index in [1.807, 2.05) is 0 Å². The average molecular weight is 257 g/mol. The summed E-state index contributed by atoms with van der Waals surface area (Å²) in [5.41, 5.74) is 0.675. The van der Waals surface area contributed by atoms with Gasteiger partial charge >= 0.3 is 0 Å². The summed E-state index contributed by atoms with van der Waals surface area (Å²) in [6, 6.07) is 4.27. The van der Waals surface area contributed by atoms with Crippen molar-refractivity contribution in [3.8, 4) is 0 Å². The molecule has 92 valence electrons. The smallest absolute Gasteiger partial charge is 0.224 e. The molecule has 0 radical (unpaired) electrons. The summed E-state index contributed by atoms with van der Waals surface area (Å²) in [5.74, 6) is -0.348. The molecule has 0 aromatic heterocycles. The number of rotatable bonds is 3. The van der Waals surface area contributed by atoms with Gasteiger partial charge in [0.2, 0.25) is 5.91 Å². The fourth-order valence-corrected chi connectivity index (χ4v) is 2.17. The number of nitrogens with one attached hydrogen (secondary N) is 2. The van der Waals surface area contributed by atoms with E-state index < -0.39 is 0 Å². The summed E-state index contributed by atoms with van der Waals surface area (Å²) in [5, 5.41) is 6.26. The minimum absolute atomic E-state index is 0.00961. The minimum Gasteiger partial charge on any atom is -0.352 e. The molecule has 2 N–H and O–H groups in total. The summed E-state index contributed by atoms with van der Waals surface area (Å²) in [6.07, 6.45) is 0.857. The van der Waals surface area contributed by atoms with Crippen LogP contribution in [0.2, 0.25) is 5.02 Å². The fourth-order valence-electron chi connectivity index (χ4n) is 1.92. The lowest BCUT2D eigenvalue weighted by atomic mass is 10.1. The maximum absolute atomic E-state index is 13.0. The van der Waals surface area contributed by atoms with Crippen molar-refractivity contribution in [3.05, 3.63) is 34.6 Å². The molecule has 1 aliphatic rings. The molecule has 2 rings (SSSR count). The van der Waals surface area contributed by atoms with Crippen molar-refractivity contribution >= 4 is 17.5 Å². The molecule has 1 atom stereocenters. The highest BCUT2D eigenvalue weighted by molar-refractivity contribution is 6.30. The Morgan fingerprint density at radius 1 is 1.53 bits per heavy atom. The van der Waals surface area contributed by atoms with Crippen LogP contribution in [-0.2, 0) is 11.3 Å². The summed E-state index contributed by atoms with van der Waals surface area (Å²) >= 11 is 5.73. The van der Waals surface area contributed by atoms with Gasteiger partial charge in [-0.05, 0) is 36.7 Å². The second kappa shape index (κ2) is 5.47. The third-order valence-corrected chi connectivity index (χ3v) is 3.04. The van der Waals surface area contributed by atoms with Crippen LogP contribution in [0.5, 0.6) is 0 Å². The molecule has 1 heterocycles. The van der Waals surface area contributed by atoms with Crippen molar-refractivity contribution in [1.29, 1.82) is 0 Å². The molecular formula is C12H14ClFN2O. The molecule has 5 heteroatoms. The number of carbonyl (C=O) groups excluding carboxylic acids is 1. The molecule has 17 heavy (non-hydrogen) atoms. The van der Waals surface area contributed by atoms with Crippen LogP contribution >= 0.6 is 11.6 Å². The summed E-state index contributed by atoms with van der Waals surface area (Å²) in [4.78, 5) is 11.7. The van der Waals surface area contributed by atoms with Crippen LogP contribution < -0.4 is 10.6 Å². The van der Waals surface area contributed by atoms with E-state index in [9.17, 15) is 9.18 Å². The van der Waals surface area contributed by atoms with Gasteiger partial charge in [0.15, 0.2) is 0 Å². The third-order valence-electron chi connectivity index (χ3n) is 2.82. The Balaban J connectivity index is 1.90. The van der Waals surface area contributed by atoms with Crippen molar-refractivity contribution in [1.82, 2.24) is 10.6 Å². The van der Waals surface area contributed by atoms with Crippen LogP contribution in [0.15, 0.2) is 18.2 Å². The first-order chi connectivity index (χ1) is 8.15. The van der Waals surface area contributed by atoms with Gasteiger partial charge in [0.1, 0.15) is 5.82 Å². The normalized spacial score (nSPS) is 19.3. The zero-order chi connectivity index (χ0) is 12.3. The Hall–Kier alpha value is -1.13. The molecule has 1 aromatic carbocycles. The summed E-state index contributed by atoms with van der Waals surface area (Å²) in [7, 11) is 0. The van der Waals surface area contributed by atoms with Gasteiger partial charge in [-0.3, -0.25) is 4.79 Å². The largest absolute Gasteiger partial charge is 0.352 e. The van der Waals surface area contributed by atoms with Gasteiger partial charge < -0.3 is 10.6 Å². The fraction of sp³-hybridized carbons (Fsp3) is 0.417. The van der Waals surface area contributed by atoms with Crippen molar-refractivity contribution in [2.75, 3.05) is 13.1 Å². The number of benzene rings is 1. The van der Waals surface area contributed by atoms with E-state index in [-0.39, 0.29) is 17.6 Å². The van der Waals surface area contributed by atoms with Crippen LogP contribution in [0.4, 0.5) is 4.39 Å². The van der Waals surface area contributed by atoms with Gasteiger partial charge in [0.25, 0.3) is 0 Å². The number of carbonyl (C=O) groups is 1. The molecular weight excluding hydrogens is 243 g/mol. The van der Waals surface area contributed by atoms with Crippen LogP contribution in [0, 0.1) is 11.7 Å². The highest BCUT2D eigenvalue weighted by Crippen LogP contribution is 2.14. The van der Waals surface area contributed by atoms with E-state index in [1.54, 1.807) is 6.07 Å². The molecule has 0 saturated carbocycles. The second-order valence-corrected chi connectivity index (χ2v) is 4.62. The Bertz CT molecular complexity index is 399. The number of hydrogen-bond donors (Lipinski definition) is 2. The zero-order valence-corrected chi connectivity index (χ0v) is 10.1. The van der Waals surface area contributed by atoms with Crippen LogP contribution in [0.1, 0.15) is 12.0 Å². The van der Waals surface area contributed by atoms with Gasteiger partial charge in [0, 0.05) is 18.1 Å². The van der Waals surface area contributed by atoms with E-state index in [4.69, 9.17) is 11.6 Å². The average Bonchev–Trinajstić information content (AvgIpc) is 2.78. The highest BCUT2D eigenvalue weighted by Gasteiger charge is 2.21. The minimum atomic E-state index is -0.385. The highest BCUT2D eigenvalue weighted by atomic mass is 35.5. The summed E-state index contributed by atoms with van der Waals surface area (Å²) in [6.45, 7) is 1.91. The third kappa shape index (κ3) is 3.41. The lowest BCUT2D eigenvalue weighted by Crippen LogP contribution is -2.31. The predicted molar refractivity (Wildman–Crippen MR) is 64.2 cm³/mol. The van der Waals surface area contributed by atoms with E-state index in [1.165, 1.54) is 12.1 Å². The van der Waals surface area contributed by atoms with Crippen LogP contribution in [0.3, 0.4) is 0 Å². The Labute approximate surface area is 104 Å². The first kappa shape index (κ1) is 12.3. The van der Waals surface area contributed by atoms with Crippen LogP contribution in [-0.4, -0.2) is 19.0 Å². The first-order valence-corrected chi connectivity index (χ1v) is 5.96. The van der Waals surface area contributed by atoms with E-state index in [2.05, 4.69) is 10.6 Å². The molecule has 1 fully saturated rings. The van der Waals surface area contributed by atoms with E-state index >= 15 is 0 Å². The molecule has 0 aliphatic carbocycles. The van der Waals surface area contributed by atoms with E-state index in [0.29, 0.717) is 17.1 Å². The van der Waals surface area contributed by atoms with Gasteiger partial charge in [0.05, 0.1) is 5.92 Å². The van der Waals surface area contributed by atoms with Gasteiger partial charge in [-0.1, -0.05) is 11.6 Å². The molecule has 1 saturated heterocycles. The topological polar surface area (TPSA) is 41.1 Å². The van der Waals surface area contributed by atoms with Gasteiger partial charge in [-0.15, -0.1) is 0 Å².